The van der Waals surface area contributed by atoms with Crippen molar-refractivity contribution >= 4 is 11.6 Å². The predicted octanol–water partition coefficient (Wildman–Crippen LogP) is 2.59. The molecule has 0 unspecified atom stereocenters. The van der Waals surface area contributed by atoms with Crippen LogP contribution in [0.15, 0.2) is 18.2 Å². The molecule has 0 bridgehead atoms. The fourth-order valence-corrected chi connectivity index (χ4v) is 0.917. The number of aryl methyl sites for hydroxylation is 1. The largest absolute Gasteiger partial charge is 0.0827 e. The van der Waals surface area contributed by atoms with Crippen molar-refractivity contribution in [3.05, 3.63) is 40.8 Å². The molecule has 0 saturated heterocycles. The van der Waals surface area contributed by atoms with E-state index in [2.05, 4.69) is 5.92 Å². The first-order chi connectivity index (χ1) is 4.75. The monoisotopic (exact) mass is 149 g/mol. The second-order valence-corrected chi connectivity index (χ2v) is 2.44. The average molecular weight is 150 g/mol. The van der Waals surface area contributed by atoms with E-state index in [0.717, 1.165) is 5.56 Å². The molecule has 1 aromatic rings. The van der Waals surface area contributed by atoms with E-state index in [4.69, 9.17) is 18.0 Å². The minimum absolute atomic E-state index is 0.623. The van der Waals surface area contributed by atoms with Crippen LogP contribution in [0.5, 0.6) is 0 Å². The summed E-state index contributed by atoms with van der Waals surface area (Å²) in [6.07, 6.45) is 6.85. The summed E-state index contributed by atoms with van der Waals surface area (Å²) in [6.45, 7) is 1.91. The van der Waals surface area contributed by atoms with Gasteiger partial charge >= 0.3 is 0 Å². The molecule has 0 heterocycles. The lowest BCUT2D eigenvalue weighted by atomic mass is 10.1. The van der Waals surface area contributed by atoms with E-state index in [1.54, 1.807) is 6.07 Å². The van der Waals surface area contributed by atoms with Gasteiger partial charge in [-0.3, -0.25) is 0 Å². The normalized spacial score (nSPS) is 8.90. The molecular formula is C9H6Cl. The van der Waals surface area contributed by atoms with Crippen molar-refractivity contribution in [2.24, 2.45) is 0 Å². The van der Waals surface area contributed by atoms with Gasteiger partial charge in [0.2, 0.25) is 0 Å². The quantitative estimate of drug-likeness (QED) is 0.498. The van der Waals surface area contributed by atoms with E-state index in [-0.39, 0.29) is 0 Å². The zero-order chi connectivity index (χ0) is 7.56. The Morgan fingerprint density at radius 1 is 1.50 bits per heavy atom. The van der Waals surface area contributed by atoms with Crippen LogP contribution in [0.4, 0.5) is 0 Å². The highest BCUT2D eigenvalue weighted by Crippen LogP contribution is 2.18. The van der Waals surface area contributed by atoms with Crippen molar-refractivity contribution in [1.29, 1.82) is 0 Å². The molecule has 0 fully saturated rings. The van der Waals surface area contributed by atoms with Crippen LogP contribution in [0.1, 0.15) is 11.1 Å². The van der Waals surface area contributed by atoms with Crippen LogP contribution in [0.2, 0.25) is 5.02 Å². The summed E-state index contributed by atoms with van der Waals surface area (Å²) in [5, 5.41) is 0.623. The van der Waals surface area contributed by atoms with Gasteiger partial charge in [0.25, 0.3) is 0 Å². The fourth-order valence-electron chi connectivity index (χ4n) is 0.744. The molecule has 0 amide bonds. The third-order valence-corrected chi connectivity index (χ3v) is 1.83. The smallest absolute Gasteiger partial charge is 0.0592 e. The van der Waals surface area contributed by atoms with Gasteiger partial charge < -0.3 is 0 Å². The van der Waals surface area contributed by atoms with Crippen LogP contribution in [-0.4, -0.2) is 0 Å². The topological polar surface area (TPSA) is 0 Å². The molecule has 1 radical (unpaired) electrons. The van der Waals surface area contributed by atoms with Gasteiger partial charge in [0.15, 0.2) is 0 Å². The Kier molecular flexibility index (Phi) is 1.99. The van der Waals surface area contributed by atoms with Gasteiger partial charge in [-0.1, -0.05) is 29.7 Å². The second kappa shape index (κ2) is 2.77. The summed E-state index contributed by atoms with van der Waals surface area (Å²) in [6, 6.07) is 5.53. The molecular weight excluding hydrogens is 144 g/mol. The van der Waals surface area contributed by atoms with Crippen LogP contribution in [0.25, 0.3) is 0 Å². The first kappa shape index (κ1) is 7.18. The molecule has 1 heteroatoms. The van der Waals surface area contributed by atoms with Crippen molar-refractivity contribution in [2.75, 3.05) is 0 Å². The SMILES string of the molecule is [C]#Cc1cccc(C)c1Cl. The summed E-state index contributed by atoms with van der Waals surface area (Å²) in [4.78, 5) is 0. The van der Waals surface area contributed by atoms with Gasteiger partial charge in [-0.15, -0.1) is 0 Å². The summed E-state index contributed by atoms with van der Waals surface area (Å²) < 4.78 is 0. The molecule has 0 N–H and O–H groups in total. The van der Waals surface area contributed by atoms with Gasteiger partial charge in [-0.25, -0.2) is 0 Å². The number of rotatable bonds is 0. The fraction of sp³-hybridized carbons (Fsp3) is 0.111. The standard InChI is InChI=1S/C9H6Cl/c1-3-8-6-4-5-7(2)9(8)10/h4-6H,2H3. The summed E-state index contributed by atoms with van der Waals surface area (Å²) >= 11 is 5.81. The van der Waals surface area contributed by atoms with Crippen LogP contribution in [0, 0.1) is 19.3 Å². The van der Waals surface area contributed by atoms with E-state index in [0.29, 0.717) is 10.6 Å². The Balaban J connectivity index is 3.31. The minimum Gasteiger partial charge on any atom is -0.0827 e. The maximum Gasteiger partial charge on any atom is 0.0592 e. The number of hydrogen-bond acceptors (Lipinski definition) is 0. The average Bonchev–Trinajstić information content (AvgIpc) is 1.95. The van der Waals surface area contributed by atoms with Crippen LogP contribution in [0.3, 0.4) is 0 Å². The van der Waals surface area contributed by atoms with Gasteiger partial charge in [0.1, 0.15) is 0 Å². The van der Waals surface area contributed by atoms with Crippen molar-refractivity contribution in [2.45, 2.75) is 6.92 Å². The van der Waals surface area contributed by atoms with Gasteiger partial charge in [-0.05, 0) is 25.0 Å². The van der Waals surface area contributed by atoms with Crippen LogP contribution >= 0.6 is 11.6 Å². The van der Waals surface area contributed by atoms with E-state index >= 15 is 0 Å². The lowest BCUT2D eigenvalue weighted by molar-refractivity contribution is 1.45. The number of halogens is 1. The number of hydrogen-bond donors (Lipinski definition) is 0. The highest BCUT2D eigenvalue weighted by molar-refractivity contribution is 6.32. The van der Waals surface area contributed by atoms with E-state index in [1.807, 2.05) is 19.1 Å². The van der Waals surface area contributed by atoms with E-state index < -0.39 is 0 Å². The minimum atomic E-state index is 0.623. The molecule has 1 rings (SSSR count). The Bertz CT molecular complexity index is 281. The zero-order valence-corrected chi connectivity index (χ0v) is 6.37. The molecule has 0 saturated carbocycles. The lowest BCUT2D eigenvalue weighted by Gasteiger charge is -1.97. The van der Waals surface area contributed by atoms with Gasteiger partial charge in [0, 0.05) is 5.56 Å². The zero-order valence-electron chi connectivity index (χ0n) is 5.61. The maximum absolute atomic E-state index is 6.85. The molecule has 0 aliphatic carbocycles. The molecule has 0 atom stereocenters. The third-order valence-electron chi connectivity index (χ3n) is 1.33. The highest BCUT2D eigenvalue weighted by Gasteiger charge is 1.97. The van der Waals surface area contributed by atoms with Crippen molar-refractivity contribution in [3.63, 3.8) is 0 Å². The molecule has 0 nitrogen and oxygen atoms in total. The first-order valence-electron chi connectivity index (χ1n) is 2.93. The Labute approximate surface area is 65.8 Å². The van der Waals surface area contributed by atoms with Crippen LogP contribution in [-0.2, 0) is 0 Å². The van der Waals surface area contributed by atoms with Crippen molar-refractivity contribution < 1.29 is 0 Å². The Morgan fingerprint density at radius 3 is 2.70 bits per heavy atom. The molecule has 0 aromatic heterocycles. The second-order valence-electron chi connectivity index (χ2n) is 2.06. The summed E-state index contributed by atoms with van der Waals surface area (Å²) in [7, 11) is 0. The van der Waals surface area contributed by atoms with Crippen LogP contribution < -0.4 is 0 Å². The molecule has 0 spiro atoms. The van der Waals surface area contributed by atoms with Gasteiger partial charge in [-0.2, -0.15) is 0 Å². The van der Waals surface area contributed by atoms with E-state index in [1.165, 1.54) is 0 Å². The summed E-state index contributed by atoms with van der Waals surface area (Å²) in [5.41, 5.74) is 1.64. The predicted molar refractivity (Wildman–Crippen MR) is 42.4 cm³/mol. The third kappa shape index (κ3) is 1.15. The Hall–Kier alpha value is -0.930. The molecule has 49 valence electrons. The maximum atomic E-state index is 6.85. The first-order valence-corrected chi connectivity index (χ1v) is 3.31. The number of benzene rings is 1. The molecule has 0 aliphatic rings. The molecule has 0 aliphatic heterocycles. The highest BCUT2D eigenvalue weighted by atomic mass is 35.5. The van der Waals surface area contributed by atoms with E-state index in [9.17, 15) is 0 Å². The van der Waals surface area contributed by atoms with Crippen molar-refractivity contribution in [1.82, 2.24) is 0 Å². The molecule has 10 heavy (non-hydrogen) atoms. The van der Waals surface area contributed by atoms with Crippen molar-refractivity contribution in [3.8, 4) is 5.92 Å². The lowest BCUT2D eigenvalue weighted by Crippen LogP contribution is -1.79. The molecule has 1 aromatic carbocycles. The van der Waals surface area contributed by atoms with Gasteiger partial charge in [0.05, 0.1) is 5.02 Å². The summed E-state index contributed by atoms with van der Waals surface area (Å²) in [5.74, 6) is 2.25. The Morgan fingerprint density at radius 2 is 2.20 bits per heavy atom.